The molecule has 0 unspecified atom stereocenters. The molecule has 0 aliphatic heterocycles. The Hall–Kier alpha value is -3.29. The van der Waals surface area contributed by atoms with Crippen LogP contribution in [0.3, 0.4) is 0 Å². The van der Waals surface area contributed by atoms with Crippen molar-refractivity contribution in [3.63, 3.8) is 0 Å². The molecule has 0 saturated heterocycles. The minimum absolute atomic E-state index is 0.0843. The number of hydrogen-bond acceptors (Lipinski definition) is 5. The molecule has 1 aromatic heterocycles. The lowest BCUT2D eigenvalue weighted by Crippen LogP contribution is -2.15. The highest BCUT2D eigenvalue weighted by atomic mass is 35.5. The smallest absolute Gasteiger partial charge is 0.234 e. The number of thioether (sulfide) groups is 1. The van der Waals surface area contributed by atoms with E-state index in [9.17, 15) is 4.79 Å². The Morgan fingerprint density at radius 1 is 0.939 bits per heavy atom. The Morgan fingerprint density at radius 3 is 2.36 bits per heavy atom. The van der Waals surface area contributed by atoms with Crippen molar-refractivity contribution in [3.8, 4) is 0 Å². The summed E-state index contributed by atoms with van der Waals surface area (Å²) in [4.78, 5) is 12.5. The van der Waals surface area contributed by atoms with Gasteiger partial charge >= 0.3 is 0 Å². The summed E-state index contributed by atoms with van der Waals surface area (Å²) in [6.45, 7) is 3.13. The fraction of sp³-hybridized carbons (Fsp3) is 0.160. The van der Waals surface area contributed by atoms with Crippen LogP contribution in [0.5, 0.6) is 0 Å². The second-order valence-corrected chi connectivity index (χ2v) is 8.91. The van der Waals surface area contributed by atoms with Crippen LogP contribution in [0.15, 0.2) is 84.0 Å². The van der Waals surface area contributed by atoms with E-state index < -0.39 is 0 Å². The summed E-state index contributed by atoms with van der Waals surface area (Å²) in [5.41, 5.74) is 4.01. The number of carbonyl (C=O) groups is 1. The van der Waals surface area contributed by atoms with Crippen molar-refractivity contribution in [1.82, 2.24) is 14.8 Å². The minimum atomic E-state index is -0.0843. The normalized spacial score (nSPS) is 10.7. The van der Waals surface area contributed by atoms with Gasteiger partial charge in [-0.15, -0.1) is 10.2 Å². The first-order chi connectivity index (χ1) is 16.1. The molecule has 0 bridgehead atoms. The monoisotopic (exact) mass is 477 g/mol. The van der Waals surface area contributed by atoms with Gasteiger partial charge in [-0.25, -0.2) is 0 Å². The van der Waals surface area contributed by atoms with Crippen LogP contribution in [-0.2, 0) is 17.9 Å². The van der Waals surface area contributed by atoms with E-state index >= 15 is 0 Å². The molecule has 4 aromatic rings. The number of anilines is 2. The third kappa shape index (κ3) is 6.60. The van der Waals surface area contributed by atoms with Gasteiger partial charge in [-0.3, -0.25) is 4.79 Å². The van der Waals surface area contributed by atoms with Gasteiger partial charge < -0.3 is 15.2 Å². The van der Waals surface area contributed by atoms with E-state index in [0.29, 0.717) is 23.3 Å². The zero-order valence-corrected chi connectivity index (χ0v) is 19.7. The highest BCUT2D eigenvalue weighted by Crippen LogP contribution is 2.21. The first-order valence-electron chi connectivity index (χ1n) is 10.5. The summed E-state index contributed by atoms with van der Waals surface area (Å²) in [6.07, 6.45) is 0. The SMILES string of the molecule is Cc1ccc(NC(=O)CSc2nnc(CNc3ccc(Cl)cc3)n2Cc2ccccc2)cc1. The Kier molecular flexibility index (Phi) is 7.65. The van der Waals surface area contributed by atoms with E-state index in [2.05, 4.69) is 33.0 Å². The van der Waals surface area contributed by atoms with Gasteiger partial charge in [-0.2, -0.15) is 0 Å². The summed E-state index contributed by atoms with van der Waals surface area (Å²) < 4.78 is 2.04. The van der Waals surface area contributed by atoms with Gasteiger partial charge in [0.2, 0.25) is 5.91 Å². The Balaban J connectivity index is 1.45. The molecule has 4 rings (SSSR count). The summed E-state index contributed by atoms with van der Waals surface area (Å²) >= 11 is 7.35. The Labute approximate surface area is 202 Å². The maximum atomic E-state index is 12.5. The van der Waals surface area contributed by atoms with Crippen LogP contribution in [0.1, 0.15) is 17.0 Å². The first-order valence-corrected chi connectivity index (χ1v) is 11.9. The summed E-state index contributed by atoms with van der Waals surface area (Å²) in [5.74, 6) is 0.944. The maximum absolute atomic E-state index is 12.5. The van der Waals surface area contributed by atoms with Crippen molar-refractivity contribution in [3.05, 3.63) is 101 Å². The van der Waals surface area contributed by atoms with Crippen molar-refractivity contribution in [2.75, 3.05) is 16.4 Å². The van der Waals surface area contributed by atoms with Crippen LogP contribution >= 0.6 is 23.4 Å². The largest absolute Gasteiger partial charge is 0.378 e. The van der Waals surface area contributed by atoms with Crippen LogP contribution in [0, 0.1) is 6.92 Å². The Bertz CT molecular complexity index is 1190. The third-order valence-corrected chi connectivity index (χ3v) is 6.16. The average Bonchev–Trinajstić information content (AvgIpc) is 3.21. The van der Waals surface area contributed by atoms with E-state index in [-0.39, 0.29) is 11.7 Å². The highest BCUT2D eigenvalue weighted by molar-refractivity contribution is 7.99. The van der Waals surface area contributed by atoms with Crippen molar-refractivity contribution >= 4 is 40.6 Å². The summed E-state index contributed by atoms with van der Waals surface area (Å²) in [6, 6.07) is 25.4. The minimum Gasteiger partial charge on any atom is -0.378 e. The molecule has 6 nitrogen and oxygen atoms in total. The van der Waals surface area contributed by atoms with Crippen LogP contribution in [0.25, 0.3) is 0 Å². The number of hydrogen-bond donors (Lipinski definition) is 2. The lowest BCUT2D eigenvalue weighted by molar-refractivity contribution is -0.113. The van der Waals surface area contributed by atoms with Crippen molar-refractivity contribution < 1.29 is 4.79 Å². The van der Waals surface area contributed by atoms with Crippen molar-refractivity contribution in [1.29, 1.82) is 0 Å². The molecule has 0 aliphatic carbocycles. The molecule has 1 heterocycles. The molecule has 0 aliphatic rings. The summed E-state index contributed by atoms with van der Waals surface area (Å²) in [5, 5.41) is 16.4. The second kappa shape index (κ2) is 11.0. The third-order valence-electron chi connectivity index (χ3n) is 4.94. The van der Waals surface area contributed by atoms with Gasteiger partial charge in [0.25, 0.3) is 0 Å². The molecule has 33 heavy (non-hydrogen) atoms. The molecular weight excluding hydrogens is 454 g/mol. The van der Waals surface area contributed by atoms with Crippen molar-refractivity contribution in [2.24, 2.45) is 0 Å². The number of benzene rings is 3. The second-order valence-electron chi connectivity index (χ2n) is 7.53. The predicted molar refractivity (Wildman–Crippen MR) is 135 cm³/mol. The summed E-state index contributed by atoms with van der Waals surface area (Å²) in [7, 11) is 0. The Morgan fingerprint density at radius 2 is 1.64 bits per heavy atom. The van der Waals surface area contributed by atoms with E-state index in [1.165, 1.54) is 11.8 Å². The molecule has 0 atom stereocenters. The van der Waals surface area contributed by atoms with Crippen molar-refractivity contribution in [2.45, 2.75) is 25.2 Å². The van der Waals surface area contributed by atoms with Gasteiger partial charge in [0.05, 0.1) is 18.8 Å². The first kappa shape index (κ1) is 22.9. The molecule has 2 N–H and O–H groups in total. The number of aromatic nitrogens is 3. The topological polar surface area (TPSA) is 71.8 Å². The zero-order valence-electron chi connectivity index (χ0n) is 18.2. The molecule has 0 saturated carbocycles. The van der Waals surface area contributed by atoms with Crippen LogP contribution < -0.4 is 10.6 Å². The standard InChI is InChI=1S/C25H24ClN5OS/c1-18-7-11-22(12-8-18)28-24(32)17-33-25-30-29-23(15-27-21-13-9-20(26)10-14-21)31(25)16-19-5-3-2-4-6-19/h2-14,27H,15-17H2,1H3,(H,28,32). The predicted octanol–water partition coefficient (Wildman–Crippen LogP) is 5.63. The molecule has 0 fully saturated rings. The van der Waals surface area contributed by atoms with Gasteiger partial charge in [0.1, 0.15) is 0 Å². The fourth-order valence-electron chi connectivity index (χ4n) is 3.19. The number of aryl methyl sites for hydroxylation is 1. The zero-order chi connectivity index (χ0) is 23.0. The molecule has 8 heteroatoms. The molecule has 3 aromatic carbocycles. The number of nitrogens with zero attached hydrogens (tertiary/aromatic N) is 3. The molecular formula is C25H24ClN5OS. The quantitative estimate of drug-likeness (QED) is 0.305. The number of halogens is 1. The van der Waals surface area contributed by atoms with E-state index in [4.69, 9.17) is 11.6 Å². The average molecular weight is 478 g/mol. The molecule has 0 radical (unpaired) electrons. The number of carbonyl (C=O) groups excluding carboxylic acids is 1. The number of rotatable bonds is 9. The van der Waals surface area contributed by atoms with Crippen LogP contribution in [0.2, 0.25) is 5.02 Å². The molecule has 1 amide bonds. The van der Waals surface area contributed by atoms with E-state index in [0.717, 1.165) is 28.3 Å². The number of amides is 1. The molecule has 0 spiro atoms. The van der Waals surface area contributed by atoms with Crippen LogP contribution in [0.4, 0.5) is 11.4 Å². The van der Waals surface area contributed by atoms with Gasteiger partial charge in [-0.1, -0.05) is 71.4 Å². The van der Waals surface area contributed by atoms with Gasteiger partial charge in [0.15, 0.2) is 11.0 Å². The number of nitrogens with one attached hydrogen (secondary N) is 2. The molecule has 168 valence electrons. The van der Waals surface area contributed by atoms with Gasteiger partial charge in [-0.05, 0) is 48.9 Å². The van der Waals surface area contributed by atoms with E-state index in [1.807, 2.05) is 78.2 Å². The lowest BCUT2D eigenvalue weighted by Gasteiger charge is -2.12. The van der Waals surface area contributed by atoms with E-state index in [1.54, 1.807) is 0 Å². The fourth-order valence-corrected chi connectivity index (χ4v) is 4.08. The van der Waals surface area contributed by atoms with Gasteiger partial charge in [0, 0.05) is 16.4 Å². The highest BCUT2D eigenvalue weighted by Gasteiger charge is 2.15. The maximum Gasteiger partial charge on any atom is 0.234 e. The lowest BCUT2D eigenvalue weighted by atomic mass is 10.2. The van der Waals surface area contributed by atoms with Crippen LogP contribution in [-0.4, -0.2) is 26.4 Å².